The molecule has 1 aliphatic carbocycles. The topological polar surface area (TPSA) is 54.9 Å². The first kappa shape index (κ1) is 15.4. The molecule has 1 heterocycles. The number of amides is 1. The summed E-state index contributed by atoms with van der Waals surface area (Å²) < 4.78 is 0. The first-order valence-corrected chi connectivity index (χ1v) is 8.45. The van der Waals surface area contributed by atoms with Crippen molar-refractivity contribution in [2.75, 3.05) is 11.9 Å². The minimum atomic E-state index is -0.0138. The van der Waals surface area contributed by atoms with Crippen LogP contribution in [-0.4, -0.2) is 28.0 Å². The summed E-state index contributed by atoms with van der Waals surface area (Å²) >= 11 is 3.57. The SMILES string of the molecule is CCc1nnc(C)cc1C(=O)NCC1CCCC1CBr. The number of carbonyl (C=O) groups excluding carboxylic acids is 1. The Morgan fingerprint density at radius 2 is 2.15 bits per heavy atom. The molecule has 1 fully saturated rings. The fourth-order valence-electron chi connectivity index (χ4n) is 2.88. The van der Waals surface area contributed by atoms with Gasteiger partial charge < -0.3 is 5.32 Å². The first-order valence-electron chi connectivity index (χ1n) is 7.33. The Hall–Kier alpha value is -0.970. The molecule has 2 unspecified atom stereocenters. The molecule has 4 nitrogen and oxygen atoms in total. The molecule has 0 aliphatic heterocycles. The molecule has 1 aromatic rings. The zero-order valence-electron chi connectivity index (χ0n) is 12.2. The molecule has 2 atom stereocenters. The molecule has 0 bridgehead atoms. The molecule has 20 heavy (non-hydrogen) atoms. The van der Waals surface area contributed by atoms with Gasteiger partial charge in [0.05, 0.1) is 17.0 Å². The second-order valence-electron chi connectivity index (χ2n) is 5.52. The summed E-state index contributed by atoms with van der Waals surface area (Å²) in [6, 6.07) is 1.83. The Kier molecular flexibility index (Phi) is 5.52. The van der Waals surface area contributed by atoms with E-state index in [-0.39, 0.29) is 5.91 Å². The molecule has 0 radical (unpaired) electrons. The van der Waals surface area contributed by atoms with Crippen molar-refractivity contribution in [2.45, 2.75) is 39.5 Å². The zero-order chi connectivity index (χ0) is 14.5. The van der Waals surface area contributed by atoms with E-state index in [1.54, 1.807) is 0 Å². The molecule has 0 aromatic carbocycles. The van der Waals surface area contributed by atoms with Gasteiger partial charge in [-0.1, -0.05) is 29.3 Å². The highest BCUT2D eigenvalue weighted by atomic mass is 79.9. The summed E-state index contributed by atoms with van der Waals surface area (Å²) in [7, 11) is 0. The highest BCUT2D eigenvalue weighted by molar-refractivity contribution is 9.09. The average Bonchev–Trinajstić information content (AvgIpc) is 2.92. The van der Waals surface area contributed by atoms with Gasteiger partial charge in [0, 0.05) is 11.9 Å². The minimum Gasteiger partial charge on any atom is -0.352 e. The van der Waals surface area contributed by atoms with E-state index < -0.39 is 0 Å². The van der Waals surface area contributed by atoms with Crippen LogP contribution in [0.25, 0.3) is 0 Å². The molecular formula is C15H22BrN3O. The van der Waals surface area contributed by atoms with Gasteiger partial charge in [-0.25, -0.2) is 0 Å². The lowest BCUT2D eigenvalue weighted by molar-refractivity contribution is 0.0943. The Labute approximate surface area is 128 Å². The molecule has 1 N–H and O–H groups in total. The largest absolute Gasteiger partial charge is 0.352 e. The average molecular weight is 340 g/mol. The Morgan fingerprint density at radius 3 is 2.85 bits per heavy atom. The van der Waals surface area contributed by atoms with Gasteiger partial charge in [0.2, 0.25) is 0 Å². The number of aryl methyl sites for hydroxylation is 2. The van der Waals surface area contributed by atoms with Crippen LogP contribution in [0.5, 0.6) is 0 Å². The Balaban J connectivity index is 2.00. The highest BCUT2D eigenvalue weighted by Crippen LogP contribution is 2.32. The number of nitrogens with zero attached hydrogens (tertiary/aromatic N) is 2. The summed E-state index contributed by atoms with van der Waals surface area (Å²) in [5.41, 5.74) is 2.23. The smallest absolute Gasteiger partial charge is 0.253 e. The third kappa shape index (κ3) is 3.57. The maximum Gasteiger partial charge on any atom is 0.253 e. The van der Waals surface area contributed by atoms with Gasteiger partial charge in [0.1, 0.15) is 0 Å². The van der Waals surface area contributed by atoms with E-state index in [0.717, 1.165) is 29.7 Å². The molecule has 1 amide bonds. The number of halogens is 1. The van der Waals surface area contributed by atoms with Gasteiger partial charge in [-0.05, 0) is 44.1 Å². The summed E-state index contributed by atoms with van der Waals surface area (Å²) in [5, 5.41) is 12.2. The van der Waals surface area contributed by atoms with E-state index in [0.29, 0.717) is 17.4 Å². The molecule has 0 spiro atoms. The fraction of sp³-hybridized carbons (Fsp3) is 0.667. The van der Waals surface area contributed by atoms with E-state index in [2.05, 4.69) is 31.4 Å². The lowest BCUT2D eigenvalue weighted by Crippen LogP contribution is -2.32. The van der Waals surface area contributed by atoms with Crippen LogP contribution < -0.4 is 5.32 Å². The number of alkyl halides is 1. The molecular weight excluding hydrogens is 318 g/mol. The van der Waals surface area contributed by atoms with Crippen molar-refractivity contribution in [3.8, 4) is 0 Å². The lowest BCUT2D eigenvalue weighted by Gasteiger charge is -2.18. The van der Waals surface area contributed by atoms with Gasteiger partial charge in [-0.15, -0.1) is 0 Å². The molecule has 1 aliphatic rings. The standard InChI is InChI=1S/C15H22BrN3O/c1-3-14-13(7-10(2)18-19-14)15(20)17-9-12-6-4-5-11(12)8-16/h7,11-12H,3-6,8-9H2,1-2H3,(H,17,20). The molecule has 2 rings (SSSR count). The van der Waals surface area contributed by atoms with Gasteiger partial charge in [-0.2, -0.15) is 10.2 Å². The maximum absolute atomic E-state index is 12.3. The number of rotatable bonds is 5. The molecule has 1 aromatic heterocycles. The van der Waals surface area contributed by atoms with E-state index in [1.807, 2.05) is 19.9 Å². The highest BCUT2D eigenvalue weighted by Gasteiger charge is 2.26. The van der Waals surface area contributed by atoms with Gasteiger partial charge in [0.15, 0.2) is 0 Å². The lowest BCUT2D eigenvalue weighted by atomic mass is 9.98. The summed E-state index contributed by atoms with van der Waals surface area (Å²) in [4.78, 5) is 12.3. The van der Waals surface area contributed by atoms with Crippen LogP contribution in [0.2, 0.25) is 0 Å². The van der Waals surface area contributed by atoms with Crippen molar-refractivity contribution in [1.82, 2.24) is 15.5 Å². The van der Waals surface area contributed by atoms with Crippen molar-refractivity contribution in [3.63, 3.8) is 0 Å². The van der Waals surface area contributed by atoms with E-state index >= 15 is 0 Å². The van der Waals surface area contributed by atoms with Crippen LogP contribution in [0.1, 0.15) is 47.9 Å². The Bertz CT molecular complexity index is 478. The normalized spacial score (nSPS) is 21.9. The van der Waals surface area contributed by atoms with E-state index in [9.17, 15) is 4.79 Å². The number of carbonyl (C=O) groups is 1. The van der Waals surface area contributed by atoms with Crippen LogP contribution in [-0.2, 0) is 6.42 Å². The van der Waals surface area contributed by atoms with Gasteiger partial charge in [-0.3, -0.25) is 4.79 Å². The predicted octanol–water partition coefficient (Wildman–Crippen LogP) is 2.89. The van der Waals surface area contributed by atoms with Crippen LogP contribution in [0, 0.1) is 18.8 Å². The second kappa shape index (κ2) is 7.16. The third-order valence-corrected chi connectivity index (χ3v) is 4.94. The number of hydrogen-bond acceptors (Lipinski definition) is 3. The maximum atomic E-state index is 12.3. The second-order valence-corrected chi connectivity index (χ2v) is 6.16. The molecule has 1 saturated carbocycles. The molecule has 110 valence electrons. The van der Waals surface area contributed by atoms with Crippen molar-refractivity contribution < 1.29 is 4.79 Å². The van der Waals surface area contributed by atoms with E-state index in [4.69, 9.17) is 0 Å². The predicted molar refractivity (Wildman–Crippen MR) is 83.1 cm³/mol. The van der Waals surface area contributed by atoms with Crippen LogP contribution >= 0.6 is 15.9 Å². The van der Waals surface area contributed by atoms with Crippen molar-refractivity contribution >= 4 is 21.8 Å². The first-order chi connectivity index (χ1) is 9.65. The van der Waals surface area contributed by atoms with Crippen LogP contribution in [0.15, 0.2) is 6.07 Å². The summed E-state index contributed by atoms with van der Waals surface area (Å²) in [6.45, 7) is 4.62. The monoisotopic (exact) mass is 339 g/mol. The number of hydrogen-bond donors (Lipinski definition) is 1. The minimum absolute atomic E-state index is 0.0138. The van der Waals surface area contributed by atoms with Crippen molar-refractivity contribution in [3.05, 3.63) is 23.0 Å². The fourth-order valence-corrected chi connectivity index (χ4v) is 3.73. The quantitative estimate of drug-likeness (QED) is 0.839. The third-order valence-electron chi connectivity index (χ3n) is 4.11. The van der Waals surface area contributed by atoms with Crippen LogP contribution in [0.3, 0.4) is 0 Å². The summed E-state index contributed by atoms with van der Waals surface area (Å²) in [5.74, 6) is 1.28. The van der Waals surface area contributed by atoms with Gasteiger partial charge in [0.25, 0.3) is 5.91 Å². The van der Waals surface area contributed by atoms with E-state index in [1.165, 1.54) is 19.3 Å². The van der Waals surface area contributed by atoms with Gasteiger partial charge >= 0.3 is 0 Å². The zero-order valence-corrected chi connectivity index (χ0v) is 13.7. The van der Waals surface area contributed by atoms with Crippen LogP contribution in [0.4, 0.5) is 0 Å². The summed E-state index contributed by atoms with van der Waals surface area (Å²) in [6.07, 6.45) is 4.48. The number of nitrogens with one attached hydrogen (secondary N) is 1. The number of aromatic nitrogens is 2. The molecule has 0 saturated heterocycles. The Morgan fingerprint density at radius 1 is 1.40 bits per heavy atom. The van der Waals surface area contributed by atoms with Crippen molar-refractivity contribution in [2.24, 2.45) is 11.8 Å². The van der Waals surface area contributed by atoms with Crippen molar-refractivity contribution in [1.29, 1.82) is 0 Å². The molecule has 5 heteroatoms.